The normalized spacial score (nSPS) is 11.3. The van der Waals surface area contributed by atoms with Crippen LogP contribution in [0.3, 0.4) is 0 Å². The van der Waals surface area contributed by atoms with Gasteiger partial charge in [-0.3, -0.25) is 0 Å². The first-order valence-corrected chi connectivity index (χ1v) is 20.5. The molecule has 11 aromatic rings. The maximum atomic E-state index is 6.29. The van der Waals surface area contributed by atoms with Gasteiger partial charge in [-0.05, 0) is 115 Å². The number of anilines is 3. The molecule has 0 unspecified atom stereocenters. The molecule has 2 nitrogen and oxygen atoms in total. The number of fused-ring (bicyclic) bond motifs is 4. The lowest BCUT2D eigenvalue weighted by Gasteiger charge is -2.26. The summed E-state index contributed by atoms with van der Waals surface area (Å²) < 4.78 is 6.29. The predicted molar refractivity (Wildman–Crippen MR) is 253 cm³/mol. The Bertz CT molecular complexity index is 3300. The van der Waals surface area contributed by atoms with Crippen LogP contribution in [0.15, 0.2) is 241 Å². The summed E-state index contributed by atoms with van der Waals surface area (Å²) in [4.78, 5) is 2.37. The standard InChI is InChI=1S/C58H39NO/c1-3-16-40(17-4-1)49-25-9-10-27-54(49)58-51(42-18-5-2-6-19-42)29-15-30-52(58)43-32-34-45(35-33-43)59(47-36-37-57-55(39-47)53-26-11-12-31-56(53)60-57)46-23-13-22-44(38-46)50-28-14-21-41-20-7-8-24-48(41)50/h1-39H. The molecule has 0 radical (unpaired) electrons. The fraction of sp³-hybridized carbons (Fsp3) is 0. The van der Waals surface area contributed by atoms with Gasteiger partial charge in [-0.1, -0.05) is 188 Å². The van der Waals surface area contributed by atoms with Crippen LogP contribution in [0.1, 0.15) is 0 Å². The number of para-hydroxylation sites is 1. The summed E-state index contributed by atoms with van der Waals surface area (Å²) in [5.41, 5.74) is 16.9. The van der Waals surface area contributed by atoms with Crippen molar-refractivity contribution in [1.29, 1.82) is 0 Å². The van der Waals surface area contributed by atoms with E-state index in [9.17, 15) is 0 Å². The van der Waals surface area contributed by atoms with Gasteiger partial charge in [-0.15, -0.1) is 0 Å². The summed E-state index contributed by atoms with van der Waals surface area (Å²) in [5, 5.41) is 4.67. The van der Waals surface area contributed by atoms with Crippen molar-refractivity contribution in [2.24, 2.45) is 0 Å². The molecule has 0 aliphatic carbocycles. The Labute approximate surface area is 349 Å². The minimum atomic E-state index is 0.876. The van der Waals surface area contributed by atoms with Crippen molar-refractivity contribution in [3.63, 3.8) is 0 Å². The minimum absolute atomic E-state index is 0.876. The van der Waals surface area contributed by atoms with Crippen molar-refractivity contribution < 1.29 is 4.42 Å². The number of hydrogen-bond donors (Lipinski definition) is 0. The number of hydrogen-bond acceptors (Lipinski definition) is 2. The predicted octanol–water partition coefficient (Wildman–Crippen LogP) is 16.5. The Morgan fingerprint density at radius 3 is 1.55 bits per heavy atom. The van der Waals surface area contributed by atoms with Gasteiger partial charge >= 0.3 is 0 Å². The third-order valence-corrected chi connectivity index (χ3v) is 11.7. The second kappa shape index (κ2) is 15.1. The highest BCUT2D eigenvalue weighted by molar-refractivity contribution is 6.07. The Hall–Kier alpha value is -7.94. The van der Waals surface area contributed by atoms with Crippen LogP contribution in [-0.4, -0.2) is 0 Å². The Morgan fingerprint density at radius 1 is 0.267 bits per heavy atom. The molecule has 0 spiro atoms. The summed E-state index contributed by atoms with van der Waals surface area (Å²) in [5.74, 6) is 0. The van der Waals surface area contributed by atoms with Crippen LogP contribution >= 0.6 is 0 Å². The molecular formula is C58H39NO. The highest BCUT2D eigenvalue weighted by Crippen LogP contribution is 2.46. The van der Waals surface area contributed by atoms with Gasteiger partial charge in [0, 0.05) is 27.8 Å². The molecule has 0 aliphatic rings. The monoisotopic (exact) mass is 765 g/mol. The van der Waals surface area contributed by atoms with E-state index in [1.807, 2.05) is 12.1 Å². The summed E-state index contributed by atoms with van der Waals surface area (Å²) in [6.45, 7) is 0. The third-order valence-electron chi connectivity index (χ3n) is 11.7. The van der Waals surface area contributed by atoms with E-state index in [-0.39, 0.29) is 0 Å². The lowest BCUT2D eigenvalue weighted by atomic mass is 9.84. The minimum Gasteiger partial charge on any atom is -0.456 e. The summed E-state index contributed by atoms with van der Waals surface area (Å²) in [6, 6.07) is 85.0. The van der Waals surface area contributed by atoms with Crippen LogP contribution in [-0.2, 0) is 0 Å². The van der Waals surface area contributed by atoms with Crippen molar-refractivity contribution in [3.05, 3.63) is 237 Å². The molecule has 282 valence electrons. The quantitative estimate of drug-likeness (QED) is 0.153. The fourth-order valence-electron chi connectivity index (χ4n) is 8.89. The summed E-state index contributed by atoms with van der Waals surface area (Å²) >= 11 is 0. The molecule has 2 heteroatoms. The van der Waals surface area contributed by atoms with Crippen LogP contribution in [0, 0.1) is 0 Å². The van der Waals surface area contributed by atoms with Gasteiger partial charge in [0.15, 0.2) is 0 Å². The Kier molecular flexibility index (Phi) is 8.87. The second-order valence-corrected chi connectivity index (χ2v) is 15.2. The Morgan fingerprint density at radius 2 is 0.767 bits per heavy atom. The first-order chi connectivity index (χ1) is 29.8. The van der Waals surface area contributed by atoms with Crippen LogP contribution in [0.25, 0.3) is 88.3 Å². The first kappa shape index (κ1) is 35.2. The van der Waals surface area contributed by atoms with E-state index in [0.717, 1.165) is 44.6 Å². The highest BCUT2D eigenvalue weighted by Gasteiger charge is 2.20. The van der Waals surface area contributed by atoms with Crippen molar-refractivity contribution in [1.82, 2.24) is 0 Å². The number of nitrogens with zero attached hydrogens (tertiary/aromatic N) is 1. The van der Waals surface area contributed by atoms with Crippen LogP contribution in [0.5, 0.6) is 0 Å². The van der Waals surface area contributed by atoms with Crippen LogP contribution in [0.2, 0.25) is 0 Å². The van der Waals surface area contributed by atoms with Gasteiger partial charge in [0.25, 0.3) is 0 Å². The van der Waals surface area contributed by atoms with Crippen LogP contribution in [0.4, 0.5) is 17.1 Å². The molecule has 0 saturated heterocycles. The topological polar surface area (TPSA) is 16.4 Å². The van der Waals surface area contributed by atoms with E-state index in [1.165, 1.54) is 60.8 Å². The Balaban J connectivity index is 1.08. The van der Waals surface area contributed by atoms with E-state index in [2.05, 4.69) is 229 Å². The van der Waals surface area contributed by atoms with Gasteiger partial charge in [-0.2, -0.15) is 0 Å². The molecule has 0 amide bonds. The lowest BCUT2D eigenvalue weighted by molar-refractivity contribution is 0.669. The maximum absolute atomic E-state index is 6.29. The number of furan rings is 1. The maximum Gasteiger partial charge on any atom is 0.135 e. The van der Waals surface area contributed by atoms with Crippen molar-refractivity contribution in [2.45, 2.75) is 0 Å². The molecule has 60 heavy (non-hydrogen) atoms. The van der Waals surface area contributed by atoms with Crippen molar-refractivity contribution in [2.75, 3.05) is 4.90 Å². The first-order valence-electron chi connectivity index (χ1n) is 20.5. The average Bonchev–Trinajstić information content (AvgIpc) is 3.70. The number of benzene rings is 10. The molecule has 10 aromatic carbocycles. The fourth-order valence-corrected chi connectivity index (χ4v) is 8.89. The molecule has 1 heterocycles. The van der Waals surface area contributed by atoms with E-state index in [1.54, 1.807) is 0 Å². The second-order valence-electron chi connectivity index (χ2n) is 15.2. The van der Waals surface area contributed by atoms with Gasteiger partial charge in [0.1, 0.15) is 11.2 Å². The molecule has 0 atom stereocenters. The molecule has 11 rings (SSSR count). The molecule has 0 aliphatic heterocycles. The number of rotatable bonds is 8. The molecule has 0 fully saturated rings. The zero-order chi connectivity index (χ0) is 39.8. The lowest BCUT2D eigenvalue weighted by Crippen LogP contribution is -2.10. The van der Waals surface area contributed by atoms with Crippen molar-refractivity contribution >= 4 is 49.8 Å². The molecule has 0 N–H and O–H groups in total. The molecule has 0 saturated carbocycles. The van der Waals surface area contributed by atoms with Gasteiger partial charge in [-0.25, -0.2) is 0 Å². The zero-order valence-electron chi connectivity index (χ0n) is 32.9. The summed E-state index contributed by atoms with van der Waals surface area (Å²) in [6.07, 6.45) is 0. The highest BCUT2D eigenvalue weighted by atomic mass is 16.3. The van der Waals surface area contributed by atoms with E-state index >= 15 is 0 Å². The largest absolute Gasteiger partial charge is 0.456 e. The third kappa shape index (κ3) is 6.32. The molecule has 1 aromatic heterocycles. The van der Waals surface area contributed by atoms with Crippen molar-refractivity contribution in [3.8, 4) is 55.6 Å². The molecule has 0 bridgehead atoms. The van der Waals surface area contributed by atoms with Gasteiger partial charge in [0.05, 0.1) is 0 Å². The summed E-state index contributed by atoms with van der Waals surface area (Å²) in [7, 11) is 0. The van der Waals surface area contributed by atoms with E-state index in [0.29, 0.717) is 0 Å². The molecular weight excluding hydrogens is 727 g/mol. The SMILES string of the molecule is c1ccc(-c2ccccc2-c2c(-c3ccccc3)cccc2-c2ccc(N(c3cccc(-c4cccc5ccccc45)c3)c3ccc4oc5ccccc5c4c3)cc2)cc1. The van der Waals surface area contributed by atoms with Gasteiger partial charge in [0.2, 0.25) is 0 Å². The van der Waals surface area contributed by atoms with E-state index < -0.39 is 0 Å². The zero-order valence-corrected chi connectivity index (χ0v) is 32.9. The van der Waals surface area contributed by atoms with E-state index in [4.69, 9.17) is 4.42 Å². The smallest absolute Gasteiger partial charge is 0.135 e. The van der Waals surface area contributed by atoms with Crippen LogP contribution < -0.4 is 4.90 Å². The van der Waals surface area contributed by atoms with Gasteiger partial charge < -0.3 is 9.32 Å². The average molecular weight is 766 g/mol.